The largest absolute Gasteiger partial charge is 0.399 e. The van der Waals surface area contributed by atoms with E-state index in [1.165, 1.54) is 10.4 Å². The van der Waals surface area contributed by atoms with Crippen LogP contribution in [0, 0.1) is 11.7 Å². The Morgan fingerprint density at radius 3 is 2.60 bits per heavy atom. The van der Waals surface area contributed by atoms with Crippen molar-refractivity contribution in [2.24, 2.45) is 5.92 Å². The summed E-state index contributed by atoms with van der Waals surface area (Å²) in [7, 11) is -2.13. The summed E-state index contributed by atoms with van der Waals surface area (Å²) < 4.78 is 39.8. The summed E-state index contributed by atoms with van der Waals surface area (Å²) in [5, 5.41) is 0. The fourth-order valence-electron chi connectivity index (χ4n) is 2.83. The lowest BCUT2D eigenvalue weighted by Crippen LogP contribution is -2.39. The van der Waals surface area contributed by atoms with Crippen molar-refractivity contribution >= 4 is 15.7 Å². The molecule has 0 amide bonds. The number of nitrogen functional groups attached to an aromatic ring is 1. The number of nitrogens with zero attached hydrogens (tertiary/aromatic N) is 1. The third kappa shape index (κ3) is 3.12. The first-order valence-electron chi connectivity index (χ1n) is 6.85. The molecular weight excluding hydrogens is 279 g/mol. The van der Waals surface area contributed by atoms with E-state index in [1.54, 1.807) is 7.05 Å². The molecule has 0 heterocycles. The summed E-state index contributed by atoms with van der Waals surface area (Å²) >= 11 is 0. The highest BCUT2D eigenvalue weighted by Gasteiger charge is 2.31. The third-order valence-corrected chi connectivity index (χ3v) is 5.88. The van der Waals surface area contributed by atoms with E-state index in [-0.39, 0.29) is 16.6 Å². The maximum atomic E-state index is 13.4. The van der Waals surface area contributed by atoms with E-state index in [0.717, 1.165) is 37.8 Å². The minimum Gasteiger partial charge on any atom is -0.399 e. The van der Waals surface area contributed by atoms with Gasteiger partial charge in [-0.2, -0.15) is 4.31 Å². The normalized spacial score (nSPS) is 24.0. The summed E-state index contributed by atoms with van der Waals surface area (Å²) in [6.07, 6.45) is 3.86. The highest BCUT2D eigenvalue weighted by atomic mass is 32.2. The van der Waals surface area contributed by atoms with Gasteiger partial charge in [0.2, 0.25) is 10.0 Å². The van der Waals surface area contributed by atoms with Crippen LogP contribution in [0.3, 0.4) is 0 Å². The Bertz CT molecular complexity index is 569. The number of sulfonamides is 1. The molecule has 20 heavy (non-hydrogen) atoms. The van der Waals surface area contributed by atoms with Crippen LogP contribution in [0.1, 0.15) is 32.6 Å². The van der Waals surface area contributed by atoms with Gasteiger partial charge in [0.05, 0.1) is 4.90 Å². The molecule has 1 aromatic rings. The number of nitrogens with two attached hydrogens (primary N) is 1. The van der Waals surface area contributed by atoms with Gasteiger partial charge in [-0.3, -0.25) is 0 Å². The van der Waals surface area contributed by atoms with Gasteiger partial charge >= 0.3 is 0 Å². The number of halogens is 1. The average molecular weight is 300 g/mol. The Labute approximate surface area is 119 Å². The van der Waals surface area contributed by atoms with E-state index >= 15 is 0 Å². The summed E-state index contributed by atoms with van der Waals surface area (Å²) in [4.78, 5) is -0.0734. The van der Waals surface area contributed by atoms with Crippen molar-refractivity contribution in [3.05, 3.63) is 24.0 Å². The molecule has 2 N–H and O–H groups in total. The molecule has 0 bridgehead atoms. The van der Waals surface area contributed by atoms with Crippen molar-refractivity contribution in [1.82, 2.24) is 4.31 Å². The van der Waals surface area contributed by atoms with Crippen molar-refractivity contribution < 1.29 is 12.8 Å². The first-order chi connectivity index (χ1) is 9.30. The summed E-state index contributed by atoms with van der Waals surface area (Å²) in [5.41, 5.74) is 5.65. The molecule has 1 aromatic carbocycles. The molecule has 2 unspecified atom stereocenters. The predicted octanol–water partition coefficient (Wildman–Crippen LogP) is 2.61. The Balaban J connectivity index is 2.29. The van der Waals surface area contributed by atoms with E-state index in [1.807, 2.05) is 0 Å². The highest BCUT2D eigenvalue weighted by Crippen LogP contribution is 2.30. The molecule has 0 saturated heterocycles. The molecule has 6 heteroatoms. The molecular formula is C14H21FN2O2S. The number of hydrogen-bond acceptors (Lipinski definition) is 3. The van der Waals surface area contributed by atoms with Crippen LogP contribution in [0.25, 0.3) is 0 Å². The zero-order valence-corrected chi connectivity index (χ0v) is 12.7. The number of anilines is 1. The van der Waals surface area contributed by atoms with E-state index in [9.17, 15) is 12.8 Å². The fourth-order valence-corrected chi connectivity index (χ4v) is 4.29. The van der Waals surface area contributed by atoms with Gasteiger partial charge in [0.1, 0.15) is 5.82 Å². The summed E-state index contributed by atoms with van der Waals surface area (Å²) in [5.74, 6) is -0.113. The predicted molar refractivity (Wildman–Crippen MR) is 77.2 cm³/mol. The van der Waals surface area contributed by atoms with Crippen molar-refractivity contribution in [2.75, 3.05) is 12.8 Å². The Kier molecular flexibility index (Phi) is 4.34. The molecule has 0 aromatic heterocycles. The number of hydrogen-bond donors (Lipinski definition) is 1. The standard InChI is InChI=1S/C14H21FN2O2S/c1-10-4-3-5-13(6-10)17(2)20(18,19)14-8-11(15)7-12(16)9-14/h7-10,13H,3-6,16H2,1-2H3. The van der Waals surface area contributed by atoms with E-state index < -0.39 is 15.8 Å². The zero-order chi connectivity index (χ0) is 14.9. The van der Waals surface area contributed by atoms with Gasteiger partial charge in [0.15, 0.2) is 0 Å². The number of rotatable bonds is 3. The zero-order valence-electron chi connectivity index (χ0n) is 11.8. The molecule has 2 rings (SSSR count). The van der Waals surface area contributed by atoms with Crippen molar-refractivity contribution in [3.63, 3.8) is 0 Å². The Morgan fingerprint density at radius 1 is 1.30 bits per heavy atom. The van der Waals surface area contributed by atoms with Crippen LogP contribution < -0.4 is 5.73 Å². The maximum Gasteiger partial charge on any atom is 0.243 e. The molecule has 1 fully saturated rings. The number of benzene rings is 1. The second-order valence-corrected chi connectivity index (χ2v) is 7.66. The van der Waals surface area contributed by atoms with Gasteiger partial charge in [-0.1, -0.05) is 19.8 Å². The van der Waals surface area contributed by atoms with Gasteiger partial charge < -0.3 is 5.73 Å². The Hall–Kier alpha value is -1.14. The van der Waals surface area contributed by atoms with Crippen molar-refractivity contribution in [2.45, 2.75) is 43.5 Å². The van der Waals surface area contributed by atoms with Crippen molar-refractivity contribution in [1.29, 1.82) is 0 Å². The van der Waals surface area contributed by atoms with Crippen molar-refractivity contribution in [3.8, 4) is 0 Å². The van der Waals surface area contributed by atoms with Gasteiger partial charge in [0.25, 0.3) is 0 Å². The molecule has 0 aliphatic heterocycles. The van der Waals surface area contributed by atoms with Crippen LogP contribution in [0.15, 0.2) is 23.1 Å². The molecule has 0 radical (unpaired) electrons. The van der Waals surface area contributed by atoms with Gasteiger partial charge in [0, 0.05) is 18.8 Å². The minimum atomic E-state index is -3.69. The second-order valence-electron chi connectivity index (χ2n) is 5.67. The van der Waals surface area contributed by atoms with Crippen LogP contribution in [-0.2, 0) is 10.0 Å². The SMILES string of the molecule is CC1CCCC(N(C)S(=O)(=O)c2cc(N)cc(F)c2)C1. The molecule has 1 aliphatic carbocycles. The lowest BCUT2D eigenvalue weighted by Gasteiger charge is -2.33. The second kappa shape index (κ2) is 5.69. The average Bonchev–Trinajstić information content (AvgIpc) is 2.36. The summed E-state index contributed by atoms with van der Waals surface area (Å²) in [6, 6.07) is 3.42. The summed E-state index contributed by atoms with van der Waals surface area (Å²) in [6.45, 7) is 2.13. The lowest BCUT2D eigenvalue weighted by molar-refractivity contribution is 0.239. The van der Waals surface area contributed by atoms with Gasteiger partial charge in [-0.25, -0.2) is 12.8 Å². The molecule has 1 saturated carbocycles. The first kappa shape index (κ1) is 15.3. The topological polar surface area (TPSA) is 63.4 Å². The molecule has 112 valence electrons. The first-order valence-corrected chi connectivity index (χ1v) is 8.29. The van der Waals surface area contributed by atoms with Gasteiger partial charge in [-0.05, 0) is 37.0 Å². The fraction of sp³-hybridized carbons (Fsp3) is 0.571. The van der Waals surface area contributed by atoms with Crippen LogP contribution in [0.2, 0.25) is 0 Å². The van der Waals surface area contributed by atoms with Crippen LogP contribution >= 0.6 is 0 Å². The van der Waals surface area contributed by atoms with Gasteiger partial charge in [-0.15, -0.1) is 0 Å². The van der Waals surface area contributed by atoms with E-state index in [4.69, 9.17) is 5.73 Å². The Morgan fingerprint density at radius 2 is 2.00 bits per heavy atom. The highest BCUT2D eigenvalue weighted by molar-refractivity contribution is 7.89. The molecule has 4 nitrogen and oxygen atoms in total. The van der Waals surface area contributed by atoms with Crippen LogP contribution in [0.4, 0.5) is 10.1 Å². The minimum absolute atomic E-state index is 0.0201. The lowest BCUT2D eigenvalue weighted by atomic mass is 9.87. The molecule has 1 aliphatic rings. The van der Waals surface area contributed by atoms with Crippen LogP contribution in [0.5, 0.6) is 0 Å². The van der Waals surface area contributed by atoms with E-state index in [0.29, 0.717) is 5.92 Å². The third-order valence-electron chi connectivity index (χ3n) is 3.99. The van der Waals surface area contributed by atoms with E-state index in [2.05, 4.69) is 6.92 Å². The molecule has 0 spiro atoms. The maximum absolute atomic E-state index is 13.4. The molecule has 2 atom stereocenters. The smallest absolute Gasteiger partial charge is 0.243 e. The quantitative estimate of drug-likeness (QED) is 0.873. The van der Waals surface area contributed by atoms with Crippen LogP contribution in [-0.4, -0.2) is 25.8 Å². The monoisotopic (exact) mass is 300 g/mol.